The van der Waals surface area contributed by atoms with Crippen LogP contribution in [-0.2, 0) is 4.74 Å². The first kappa shape index (κ1) is 14.0. The smallest absolute Gasteiger partial charge is 0.0678 e. The number of hydrogen-bond donors (Lipinski definition) is 0. The summed E-state index contributed by atoms with van der Waals surface area (Å²) in [5, 5.41) is 0. The molecule has 0 aromatic carbocycles. The molecular weight excluding hydrogens is 198 g/mol. The minimum absolute atomic E-state index is 0.409. The van der Waals surface area contributed by atoms with Crippen molar-refractivity contribution in [3.8, 4) is 0 Å². The molecule has 16 heavy (non-hydrogen) atoms. The van der Waals surface area contributed by atoms with E-state index in [9.17, 15) is 0 Å². The highest BCUT2D eigenvalue weighted by atomic mass is 16.5. The molecule has 2 unspecified atom stereocenters. The lowest BCUT2D eigenvalue weighted by molar-refractivity contribution is -0.0682. The van der Waals surface area contributed by atoms with Crippen LogP contribution in [0.25, 0.3) is 0 Å². The summed E-state index contributed by atoms with van der Waals surface area (Å²) in [7, 11) is 0. The second-order valence-electron chi connectivity index (χ2n) is 6.53. The first-order chi connectivity index (χ1) is 7.37. The first-order valence-corrected chi connectivity index (χ1v) is 6.74. The number of unbranched alkanes of at least 4 members (excludes halogenated alkanes) is 1. The third-order valence-corrected chi connectivity index (χ3v) is 3.15. The van der Waals surface area contributed by atoms with Gasteiger partial charge in [-0.3, -0.25) is 4.90 Å². The van der Waals surface area contributed by atoms with Gasteiger partial charge in [0.15, 0.2) is 0 Å². The van der Waals surface area contributed by atoms with E-state index in [2.05, 4.69) is 39.5 Å². The van der Waals surface area contributed by atoms with Gasteiger partial charge in [0.25, 0.3) is 0 Å². The van der Waals surface area contributed by atoms with E-state index in [0.29, 0.717) is 17.6 Å². The molecule has 0 aliphatic carbocycles. The number of rotatable bonds is 4. The van der Waals surface area contributed by atoms with Crippen molar-refractivity contribution in [2.24, 2.45) is 5.41 Å². The predicted molar refractivity (Wildman–Crippen MR) is 69.8 cm³/mol. The Hall–Kier alpha value is -0.0800. The molecule has 2 heteroatoms. The third kappa shape index (κ3) is 5.86. The lowest BCUT2D eigenvalue weighted by Gasteiger charge is -2.35. The van der Waals surface area contributed by atoms with Crippen LogP contribution in [-0.4, -0.2) is 36.7 Å². The van der Waals surface area contributed by atoms with Crippen LogP contribution in [0.15, 0.2) is 0 Å². The highest BCUT2D eigenvalue weighted by molar-refractivity contribution is 4.73. The molecule has 0 radical (unpaired) electrons. The average molecular weight is 227 g/mol. The molecule has 1 rings (SSSR count). The Bertz CT molecular complexity index is 187. The topological polar surface area (TPSA) is 12.5 Å². The van der Waals surface area contributed by atoms with Gasteiger partial charge in [0.05, 0.1) is 12.2 Å². The second kappa shape index (κ2) is 6.02. The van der Waals surface area contributed by atoms with Crippen LogP contribution in [0, 0.1) is 5.41 Å². The molecule has 1 heterocycles. The van der Waals surface area contributed by atoms with Crippen LogP contribution in [0.3, 0.4) is 0 Å². The quantitative estimate of drug-likeness (QED) is 0.683. The molecule has 1 fully saturated rings. The Morgan fingerprint density at radius 1 is 1.06 bits per heavy atom. The van der Waals surface area contributed by atoms with Gasteiger partial charge in [-0.1, -0.05) is 27.2 Å². The van der Waals surface area contributed by atoms with E-state index in [-0.39, 0.29) is 0 Å². The van der Waals surface area contributed by atoms with Gasteiger partial charge in [0.2, 0.25) is 0 Å². The van der Waals surface area contributed by atoms with Crippen molar-refractivity contribution in [2.45, 2.75) is 66.1 Å². The van der Waals surface area contributed by atoms with Crippen LogP contribution in [0.2, 0.25) is 0 Å². The molecule has 2 nitrogen and oxygen atoms in total. The molecule has 1 aliphatic rings. The van der Waals surface area contributed by atoms with Gasteiger partial charge in [-0.15, -0.1) is 0 Å². The maximum absolute atomic E-state index is 5.74. The zero-order chi connectivity index (χ0) is 12.2. The molecule has 0 spiro atoms. The second-order valence-corrected chi connectivity index (χ2v) is 6.53. The van der Waals surface area contributed by atoms with Crippen molar-refractivity contribution in [1.82, 2.24) is 4.90 Å². The molecule has 0 N–H and O–H groups in total. The Kier molecular flexibility index (Phi) is 5.26. The Labute approximate surface area is 101 Å². The summed E-state index contributed by atoms with van der Waals surface area (Å²) in [6, 6.07) is 0. The molecule has 2 atom stereocenters. The summed E-state index contributed by atoms with van der Waals surface area (Å²) in [6.45, 7) is 14.8. The van der Waals surface area contributed by atoms with E-state index in [4.69, 9.17) is 4.74 Å². The predicted octanol–water partition coefficient (Wildman–Crippen LogP) is 3.31. The zero-order valence-corrected chi connectivity index (χ0v) is 11.8. The van der Waals surface area contributed by atoms with Crippen LogP contribution in [0.5, 0.6) is 0 Å². The van der Waals surface area contributed by atoms with E-state index in [1.54, 1.807) is 0 Å². The van der Waals surface area contributed by atoms with Crippen molar-refractivity contribution >= 4 is 0 Å². The fraction of sp³-hybridized carbons (Fsp3) is 1.00. The highest BCUT2D eigenvalue weighted by Crippen LogP contribution is 2.21. The molecule has 0 bridgehead atoms. The standard InChI is InChI=1S/C14H29NO/c1-12-10-15(11-13(2)16-12)9-7-6-8-14(3,4)5/h12-13H,6-11H2,1-5H3. The van der Waals surface area contributed by atoms with Crippen molar-refractivity contribution in [1.29, 1.82) is 0 Å². The Morgan fingerprint density at radius 3 is 2.12 bits per heavy atom. The lowest BCUT2D eigenvalue weighted by Crippen LogP contribution is -2.45. The number of ether oxygens (including phenoxy) is 1. The number of hydrogen-bond acceptors (Lipinski definition) is 2. The fourth-order valence-corrected chi connectivity index (χ4v) is 2.46. The van der Waals surface area contributed by atoms with Gasteiger partial charge >= 0.3 is 0 Å². The van der Waals surface area contributed by atoms with E-state index in [1.807, 2.05) is 0 Å². The zero-order valence-electron chi connectivity index (χ0n) is 11.8. The molecule has 1 saturated heterocycles. The van der Waals surface area contributed by atoms with Crippen molar-refractivity contribution in [2.75, 3.05) is 19.6 Å². The van der Waals surface area contributed by atoms with Gasteiger partial charge in [-0.2, -0.15) is 0 Å². The normalized spacial score (nSPS) is 28.3. The lowest BCUT2D eigenvalue weighted by atomic mass is 9.90. The average Bonchev–Trinajstić information content (AvgIpc) is 2.09. The van der Waals surface area contributed by atoms with Gasteiger partial charge < -0.3 is 4.74 Å². The minimum Gasteiger partial charge on any atom is -0.373 e. The van der Waals surface area contributed by atoms with Crippen LogP contribution < -0.4 is 0 Å². The van der Waals surface area contributed by atoms with E-state index >= 15 is 0 Å². The van der Waals surface area contributed by atoms with Crippen LogP contribution >= 0.6 is 0 Å². The maximum atomic E-state index is 5.74. The monoisotopic (exact) mass is 227 g/mol. The minimum atomic E-state index is 0.409. The highest BCUT2D eigenvalue weighted by Gasteiger charge is 2.21. The molecule has 0 amide bonds. The summed E-state index contributed by atoms with van der Waals surface area (Å²) < 4.78 is 5.74. The molecule has 96 valence electrons. The summed E-state index contributed by atoms with van der Waals surface area (Å²) in [6.07, 6.45) is 4.83. The maximum Gasteiger partial charge on any atom is 0.0678 e. The Morgan fingerprint density at radius 2 is 1.62 bits per heavy atom. The van der Waals surface area contributed by atoms with E-state index < -0.39 is 0 Å². The number of morpholine rings is 1. The molecule has 1 aliphatic heterocycles. The fourth-order valence-electron chi connectivity index (χ4n) is 2.46. The van der Waals surface area contributed by atoms with Crippen LogP contribution in [0.1, 0.15) is 53.9 Å². The SMILES string of the molecule is CC1CN(CCCCC(C)(C)C)CC(C)O1. The summed E-state index contributed by atoms with van der Waals surface area (Å²) >= 11 is 0. The summed E-state index contributed by atoms with van der Waals surface area (Å²) in [5.74, 6) is 0. The first-order valence-electron chi connectivity index (χ1n) is 6.74. The van der Waals surface area contributed by atoms with Gasteiger partial charge in [-0.25, -0.2) is 0 Å². The van der Waals surface area contributed by atoms with Gasteiger partial charge in [0.1, 0.15) is 0 Å². The van der Waals surface area contributed by atoms with Crippen LogP contribution in [0.4, 0.5) is 0 Å². The summed E-state index contributed by atoms with van der Waals surface area (Å²) in [5.41, 5.74) is 0.492. The van der Waals surface area contributed by atoms with E-state index in [0.717, 1.165) is 13.1 Å². The van der Waals surface area contributed by atoms with Gasteiger partial charge in [0, 0.05) is 13.1 Å². The largest absolute Gasteiger partial charge is 0.373 e. The van der Waals surface area contributed by atoms with Crippen molar-refractivity contribution < 1.29 is 4.74 Å². The molecule has 0 aromatic rings. The summed E-state index contributed by atoms with van der Waals surface area (Å²) in [4.78, 5) is 2.56. The Balaban J connectivity index is 2.13. The van der Waals surface area contributed by atoms with Gasteiger partial charge in [-0.05, 0) is 38.6 Å². The number of nitrogens with zero attached hydrogens (tertiary/aromatic N) is 1. The third-order valence-electron chi connectivity index (χ3n) is 3.15. The van der Waals surface area contributed by atoms with Crippen molar-refractivity contribution in [3.05, 3.63) is 0 Å². The molecular formula is C14H29NO. The van der Waals surface area contributed by atoms with Crippen molar-refractivity contribution in [3.63, 3.8) is 0 Å². The molecule has 0 saturated carbocycles. The van der Waals surface area contributed by atoms with E-state index in [1.165, 1.54) is 25.8 Å². The molecule has 0 aromatic heterocycles.